The fourth-order valence-corrected chi connectivity index (χ4v) is 1.83. The molecule has 0 fully saturated rings. The predicted molar refractivity (Wildman–Crippen MR) is 51.9 cm³/mol. The van der Waals surface area contributed by atoms with Gasteiger partial charge in [0, 0.05) is 18.1 Å². The van der Waals surface area contributed by atoms with Crippen LogP contribution in [-0.2, 0) is 0 Å². The van der Waals surface area contributed by atoms with E-state index in [9.17, 15) is 0 Å². The number of hydrogen-bond donors (Lipinski definition) is 0. The summed E-state index contributed by atoms with van der Waals surface area (Å²) in [5.41, 5.74) is 0. The van der Waals surface area contributed by atoms with Gasteiger partial charge in [0.05, 0.1) is 0 Å². The molecule has 11 heavy (non-hydrogen) atoms. The predicted octanol–water partition coefficient (Wildman–Crippen LogP) is 2.90. The van der Waals surface area contributed by atoms with Gasteiger partial charge in [0.15, 0.2) is 0 Å². The van der Waals surface area contributed by atoms with Crippen molar-refractivity contribution in [2.24, 2.45) is 0 Å². The van der Waals surface area contributed by atoms with Crippen LogP contribution in [0.1, 0.15) is 48.0 Å². The highest BCUT2D eigenvalue weighted by atomic mass is 15.2. The van der Waals surface area contributed by atoms with E-state index >= 15 is 0 Å². The zero-order chi connectivity index (χ0) is 9.02. The Morgan fingerprint density at radius 3 is 1.36 bits per heavy atom. The van der Waals surface area contributed by atoms with Gasteiger partial charge in [-0.2, -0.15) is 0 Å². The molecule has 0 aromatic heterocycles. The van der Waals surface area contributed by atoms with Crippen molar-refractivity contribution in [1.29, 1.82) is 0 Å². The second-order valence-corrected chi connectivity index (χ2v) is 3.89. The molecule has 1 unspecified atom stereocenters. The van der Waals surface area contributed by atoms with Crippen molar-refractivity contribution in [3.05, 3.63) is 0 Å². The van der Waals surface area contributed by atoms with Gasteiger partial charge in [0.2, 0.25) is 0 Å². The highest BCUT2D eigenvalue weighted by molar-refractivity contribution is 4.72. The molecule has 0 aliphatic rings. The lowest BCUT2D eigenvalue weighted by Gasteiger charge is -2.35. The fourth-order valence-electron chi connectivity index (χ4n) is 1.83. The minimum absolute atomic E-state index is 0.671. The number of hydrogen-bond acceptors (Lipinski definition) is 1. The van der Waals surface area contributed by atoms with Crippen LogP contribution < -0.4 is 0 Å². The molecule has 0 saturated heterocycles. The molecule has 0 aromatic rings. The molecule has 0 spiro atoms. The Morgan fingerprint density at radius 1 is 0.909 bits per heavy atom. The van der Waals surface area contributed by atoms with Gasteiger partial charge < -0.3 is 0 Å². The molecule has 0 bridgehead atoms. The van der Waals surface area contributed by atoms with E-state index in [0.29, 0.717) is 12.1 Å². The summed E-state index contributed by atoms with van der Waals surface area (Å²) >= 11 is 0. The minimum Gasteiger partial charge on any atom is -0.296 e. The molecular weight excluding hydrogens is 134 g/mol. The summed E-state index contributed by atoms with van der Waals surface area (Å²) in [6.45, 7) is 13.6. The SMILES string of the molecule is CCC(C)N(C(C)C)C(C)C. The molecule has 0 radical (unpaired) electrons. The standard InChI is InChI=1S/C10H23N/c1-7-10(6)11(8(2)3)9(4)5/h8-10H,7H2,1-6H3. The van der Waals surface area contributed by atoms with Gasteiger partial charge in [0.25, 0.3) is 0 Å². The lowest BCUT2D eigenvalue weighted by atomic mass is 10.1. The van der Waals surface area contributed by atoms with E-state index in [1.807, 2.05) is 0 Å². The fraction of sp³-hybridized carbons (Fsp3) is 1.00. The van der Waals surface area contributed by atoms with Crippen molar-refractivity contribution < 1.29 is 0 Å². The third kappa shape index (κ3) is 3.24. The van der Waals surface area contributed by atoms with Gasteiger partial charge in [-0.3, -0.25) is 4.90 Å². The van der Waals surface area contributed by atoms with Gasteiger partial charge in [-0.05, 0) is 41.0 Å². The average molecular weight is 157 g/mol. The first-order chi connectivity index (χ1) is 5.00. The normalized spacial score (nSPS) is 15.0. The molecule has 1 atom stereocenters. The quantitative estimate of drug-likeness (QED) is 0.606. The third-order valence-corrected chi connectivity index (χ3v) is 2.29. The highest BCUT2D eigenvalue weighted by Gasteiger charge is 2.17. The van der Waals surface area contributed by atoms with Crippen LogP contribution in [0.2, 0.25) is 0 Å². The van der Waals surface area contributed by atoms with E-state index in [1.165, 1.54) is 6.42 Å². The maximum Gasteiger partial charge on any atom is 0.00697 e. The molecule has 0 aromatic carbocycles. The van der Waals surface area contributed by atoms with E-state index in [2.05, 4.69) is 46.4 Å². The first-order valence-electron chi connectivity index (χ1n) is 4.78. The lowest BCUT2D eigenvalue weighted by molar-refractivity contribution is 0.120. The minimum atomic E-state index is 0.671. The largest absolute Gasteiger partial charge is 0.296 e. The van der Waals surface area contributed by atoms with E-state index in [-0.39, 0.29) is 0 Å². The lowest BCUT2D eigenvalue weighted by Crippen LogP contribution is -2.43. The van der Waals surface area contributed by atoms with Crippen LogP contribution >= 0.6 is 0 Å². The van der Waals surface area contributed by atoms with Crippen LogP contribution in [0.25, 0.3) is 0 Å². The smallest absolute Gasteiger partial charge is 0.00697 e. The Hall–Kier alpha value is -0.0400. The second kappa shape index (κ2) is 4.76. The number of rotatable bonds is 4. The third-order valence-electron chi connectivity index (χ3n) is 2.29. The van der Waals surface area contributed by atoms with Crippen molar-refractivity contribution in [3.8, 4) is 0 Å². The van der Waals surface area contributed by atoms with Gasteiger partial charge in [0.1, 0.15) is 0 Å². The molecule has 0 N–H and O–H groups in total. The highest BCUT2D eigenvalue weighted by Crippen LogP contribution is 2.12. The topological polar surface area (TPSA) is 3.24 Å². The van der Waals surface area contributed by atoms with Crippen LogP contribution in [0.3, 0.4) is 0 Å². The summed E-state index contributed by atoms with van der Waals surface area (Å²) in [6.07, 6.45) is 1.25. The Morgan fingerprint density at radius 2 is 1.27 bits per heavy atom. The summed E-state index contributed by atoms with van der Waals surface area (Å²) in [4.78, 5) is 2.56. The zero-order valence-corrected chi connectivity index (χ0v) is 8.89. The Kier molecular flexibility index (Phi) is 4.74. The molecule has 68 valence electrons. The van der Waals surface area contributed by atoms with Crippen LogP contribution in [0.5, 0.6) is 0 Å². The van der Waals surface area contributed by atoms with Crippen molar-refractivity contribution in [3.63, 3.8) is 0 Å². The van der Waals surface area contributed by atoms with Crippen LogP contribution in [0.4, 0.5) is 0 Å². The molecule has 0 heterocycles. The first-order valence-corrected chi connectivity index (χ1v) is 4.78. The molecule has 1 heteroatoms. The Labute approximate surface area is 71.8 Å². The molecule has 0 rings (SSSR count). The van der Waals surface area contributed by atoms with Crippen molar-refractivity contribution in [2.45, 2.75) is 66.1 Å². The summed E-state index contributed by atoms with van der Waals surface area (Å²) in [7, 11) is 0. The van der Waals surface area contributed by atoms with Crippen molar-refractivity contribution in [1.82, 2.24) is 4.90 Å². The summed E-state index contributed by atoms with van der Waals surface area (Å²) in [6, 6.07) is 2.06. The maximum absolute atomic E-state index is 2.56. The first kappa shape index (κ1) is 11.0. The summed E-state index contributed by atoms with van der Waals surface area (Å²) in [5, 5.41) is 0. The Balaban J connectivity index is 4.09. The average Bonchev–Trinajstić information content (AvgIpc) is 1.85. The van der Waals surface area contributed by atoms with E-state index in [4.69, 9.17) is 0 Å². The van der Waals surface area contributed by atoms with Gasteiger partial charge in [-0.15, -0.1) is 0 Å². The van der Waals surface area contributed by atoms with Gasteiger partial charge in [-0.25, -0.2) is 0 Å². The molecule has 1 nitrogen and oxygen atoms in total. The zero-order valence-electron chi connectivity index (χ0n) is 8.89. The molecule has 0 aliphatic carbocycles. The van der Waals surface area contributed by atoms with Gasteiger partial charge >= 0.3 is 0 Å². The van der Waals surface area contributed by atoms with Crippen LogP contribution in [0.15, 0.2) is 0 Å². The second-order valence-electron chi connectivity index (χ2n) is 3.89. The van der Waals surface area contributed by atoms with Crippen molar-refractivity contribution in [2.75, 3.05) is 0 Å². The van der Waals surface area contributed by atoms with Crippen molar-refractivity contribution >= 4 is 0 Å². The van der Waals surface area contributed by atoms with E-state index < -0.39 is 0 Å². The maximum atomic E-state index is 2.56. The van der Waals surface area contributed by atoms with Gasteiger partial charge in [-0.1, -0.05) is 6.92 Å². The monoisotopic (exact) mass is 157 g/mol. The summed E-state index contributed by atoms with van der Waals surface area (Å²) in [5.74, 6) is 0. The Bertz CT molecular complexity index is 89.0. The van der Waals surface area contributed by atoms with E-state index in [1.54, 1.807) is 0 Å². The van der Waals surface area contributed by atoms with Crippen LogP contribution in [0, 0.1) is 0 Å². The van der Waals surface area contributed by atoms with Crippen LogP contribution in [-0.4, -0.2) is 23.0 Å². The molecule has 0 aliphatic heterocycles. The summed E-state index contributed by atoms with van der Waals surface area (Å²) < 4.78 is 0. The number of nitrogens with zero attached hydrogens (tertiary/aromatic N) is 1. The van der Waals surface area contributed by atoms with E-state index in [0.717, 1.165) is 6.04 Å². The molecule has 0 saturated carbocycles. The molecule has 0 amide bonds. The molecular formula is C10H23N.